The number of ketones is 1. The SMILES string of the molecule is COc1cc([C@@H]2Nc3c(ccc4ccccc34)C3=C2CCCC3=O)cc(Br)c1OC(C)C. The van der Waals surface area contributed by atoms with Gasteiger partial charge in [-0.3, -0.25) is 4.79 Å². The van der Waals surface area contributed by atoms with Gasteiger partial charge in [-0.05, 0) is 71.3 Å². The van der Waals surface area contributed by atoms with Crippen LogP contribution >= 0.6 is 15.9 Å². The molecule has 164 valence electrons. The third kappa shape index (κ3) is 3.49. The van der Waals surface area contributed by atoms with Crippen molar-refractivity contribution in [3.05, 3.63) is 69.7 Å². The standard InChI is InChI=1S/C27H26BrNO3/c1-15(2)32-27-21(28)13-17(14-23(27)31-3)25-19-9-6-10-22(30)24(19)20-12-11-16-7-4-5-8-18(16)26(20)29-25/h4-5,7-8,11-15,25,29H,6,9-10H2,1-3H3/t25-/m0/s1. The third-order valence-corrected chi connectivity index (χ3v) is 6.81. The maximum atomic E-state index is 13.1. The molecule has 1 N–H and O–H groups in total. The smallest absolute Gasteiger partial charge is 0.175 e. The fourth-order valence-electron chi connectivity index (χ4n) is 4.89. The number of hydrogen-bond acceptors (Lipinski definition) is 4. The van der Waals surface area contributed by atoms with Crippen molar-refractivity contribution >= 4 is 43.7 Å². The Labute approximate surface area is 196 Å². The fourth-order valence-corrected chi connectivity index (χ4v) is 5.44. The number of carbonyl (C=O) groups excluding carboxylic acids is 1. The van der Waals surface area contributed by atoms with Crippen LogP contribution in [0.3, 0.4) is 0 Å². The lowest BCUT2D eigenvalue weighted by Gasteiger charge is -2.35. The molecule has 0 aromatic heterocycles. The van der Waals surface area contributed by atoms with Crippen molar-refractivity contribution in [2.24, 2.45) is 0 Å². The molecule has 0 bridgehead atoms. The summed E-state index contributed by atoms with van der Waals surface area (Å²) >= 11 is 3.69. The molecule has 5 rings (SSSR count). The van der Waals surface area contributed by atoms with Gasteiger partial charge in [0.2, 0.25) is 0 Å². The Morgan fingerprint density at radius 3 is 2.69 bits per heavy atom. The number of ether oxygens (including phenoxy) is 2. The Kier molecular flexibility index (Phi) is 5.46. The van der Waals surface area contributed by atoms with E-state index in [1.807, 2.05) is 32.0 Å². The summed E-state index contributed by atoms with van der Waals surface area (Å²) in [5.74, 6) is 1.61. The topological polar surface area (TPSA) is 47.6 Å². The molecule has 1 aliphatic carbocycles. The average Bonchev–Trinajstić information content (AvgIpc) is 2.79. The van der Waals surface area contributed by atoms with Crippen LogP contribution in [0.4, 0.5) is 5.69 Å². The van der Waals surface area contributed by atoms with E-state index in [9.17, 15) is 4.79 Å². The molecule has 0 amide bonds. The van der Waals surface area contributed by atoms with Gasteiger partial charge in [0.1, 0.15) is 0 Å². The summed E-state index contributed by atoms with van der Waals surface area (Å²) in [5, 5.41) is 6.07. The summed E-state index contributed by atoms with van der Waals surface area (Å²) < 4.78 is 12.5. The second kappa shape index (κ2) is 8.28. The van der Waals surface area contributed by atoms with E-state index in [0.717, 1.165) is 56.0 Å². The number of nitrogens with one attached hydrogen (secondary N) is 1. The van der Waals surface area contributed by atoms with Crippen molar-refractivity contribution < 1.29 is 14.3 Å². The van der Waals surface area contributed by atoms with Crippen molar-refractivity contribution in [1.82, 2.24) is 0 Å². The first kappa shape index (κ1) is 21.1. The zero-order valence-electron chi connectivity index (χ0n) is 18.5. The van der Waals surface area contributed by atoms with Crippen molar-refractivity contribution in [2.45, 2.75) is 45.3 Å². The van der Waals surface area contributed by atoms with Gasteiger partial charge in [-0.2, -0.15) is 0 Å². The number of methoxy groups -OCH3 is 1. The predicted molar refractivity (Wildman–Crippen MR) is 133 cm³/mol. The van der Waals surface area contributed by atoms with Gasteiger partial charge >= 0.3 is 0 Å². The van der Waals surface area contributed by atoms with Gasteiger partial charge in [0, 0.05) is 22.9 Å². The number of hydrogen-bond donors (Lipinski definition) is 1. The molecular formula is C27H26BrNO3. The normalized spacial score (nSPS) is 17.8. The molecule has 0 saturated carbocycles. The van der Waals surface area contributed by atoms with E-state index >= 15 is 0 Å². The van der Waals surface area contributed by atoms with E-state index in [1.165, 1.54) is 0 Å². The number of fused-ring (bicyclic) bond motifs is 4. The minimum atomic E-state index is -0.106. The molecular weight excluding hydrogens is 466 g/mol. The molecule has 1 heterocycles. The molecule has 2 aliphatic rings. The number of anilines is 1. The first-order valence-corrected chi connectivity index (χ1v) is 11.9. The van der Waals surface area contributed by atoms with Crippen LogP contribution in [0.5, 0.6) is 11.5 Å². The Bertz CT molecular complexity index is 1260. The van der Waals surface area contributed by atoms with E-state index in [2.05, 4.69) is 51.6 Å². The van der Waals surface area contributed by atoms with E-state index < -0.39 is 0 Å². The molecule has 0 spiro atoms. The second-order valence-corrected chi connectivity index (χ2v) is 9.52. The molecule has 0 fully saturated rings. The fraction of sp³-hybridized carbons (Fsp3) is 0.296. The van der Waals surface area contributed by atoms with Crippen molar-refractivity contribution in [2.75, 3.05) is 12.4 Å². The monoisotopic (exact) mass is 491 g/mol. The molecule has 1 atom stereocenters. The van der Waals surface area contributed by atoms with Crippen LogP contribution in [0.1, 0.15) is 50.3 Å². The molecule has 3 aromatic carbocycles. The number of benzene rings is 3. The summed E-state index contributed by atoms with van der Waals surface area (Å²) in [7, 11) is 1.66. The van der Waals surface area contributed by atoms with E-state index in [4.69, 9.17) is 9.47 Å². The number of rotatable bonds is 4. The summed E-state index contributed by atoms with van der Waals surface area (Å²) in [5.41, 5.74) is 5.14. The molecule has 0 unspecified atom stereocenters. The minimum Gasteiger partial charge on any atom is -0.493 e. The first-order chi connectivity index (χ1) is 15.5. The van der Waals surface area contributed by atoms with Crippen molar-refractivity contribution in [3.63, 3.8) is 0 Å². The highest BCUT2D eigenvalue weighted by molar-refractivity contribution is 9.10. The summed E-state index contributed by atoms with van der Waals surface area (Å²) in [4.78, 5) is 13.1. The molecule has 0 saturated heterocycles. The van der Waals surface area contributed by atoms with E-state index in [-0.39, 0.29) is 17.9 Å². The Balaban J connectivity index is 1.71. The average molecular weight is 492 g/mol. The van der Waals surface area contributed by atoms with Crippen LogP contribution in [0, 0.1) is 0 Å². The molecule has 5 heteroatoms. The highest BCUT2D eigenvalue weighted by Crippen LogP contribution is 2.49. The van der Waals surface area contributed by atoms with Crippen LogP contribution in [0.2, 0.25) is 0 Å². The van der Waals surface area contributed by atoms with Crippen molar-refractivity contribution in [3.8, 4) is 11.5 Å². The van der Waals surface area contributed by atoms with Gasteiger partial charge in [-0.15, -0.1) is 0 Å². The largest absolute Gasteiger partial charge is 0.493 e. The highest BCUT2D eigenvalue weighted by Gasteiger charge is 2.34. The maximum absolute atomic E-state index is 13.1. The summed E-state index contributed by atoms with van der Waals surface area (Å²) in [6, 6.07) is 16.5. The highest BCUT2D eigenvalue weighted by atomic mass is 79.9. The molecule has 3 aromatic rings. The Morgan fingerprint density at radius 2 is 1.91 bits per heavy atom. The van der Waals surface area contributed by atoms with Gasteiger partial charge in [0.25, 0.3) is 0 Å². The molecule has 32 heavy (non-hydrogen) atoms. The van der Waals surface area contributed by atoms with Gasteiger partial charge < -0.3 is 14.8 Å². The third-order valence-electron chi connectivity index (χ3n) is 6.22. The van der Waals surface area contributed by atoms with Gasteiger partial charge in [0.15, 0.2) is 17.3 Å². The van der Waals surface area contributed by atoms with Crippen LogP contribution in [-0.4, -0.2) is 19.0 Å². The Hall–Kier alpha value is -2.79. The minimum absolute atomic E-state index is 0.0300. The zero-order valence-corrected chi connectivity index (χ0v) is 20.1. The van der Waals surface area contributed by atoms with Crippen molar-refractivity contribution in [1.29, 1.82) is 0 Å². The van der Waals surface area contributed by atoms with Crippen LogP contribution < -0.4 is 14.8 Å². The summed E-state index contributed by atoms with van der Waals surface area (Å²) in [6.07, 6.45) is 2.41. The lowest BCUT2D eigenvalue weighted by molar-refractivity contribution is -0.114. The number of halogens is 1. The van der Waals surface area contributed by atoms with E-state index in [1.54, 1.807) is 7.11 Å². The Morgan fingerprint density at radius 1 is 1.09 bits per heavy atom. The van der Waals surface area contributed by atoms with Gasteiger partial charge in [-0.25, -0.2) is 0 Å². The van der Waals surface area contributed by atoms with Gasteiger partial charge in [-0.1, -0.05) is 36.4 Å². The number of Topliss-reactive ketones (excluding diaryl/α,β-unsaturated/α-hetero) is 1. The second-order valence-electron chi connectivity index (χ2n) is 8.66. The lowest BCUT2D eigenvalue weighted by atomic mass is 9.77. The maximum Gasteiger partial charge on any atom is 0.175 e. The number of carbonyl (C=O) groups is 1. The van der Waals surface area contributed by atoms with Crippen LogP contribution in [0.15, 0.2) is 58.6 Å². The van der Waals surface area contributed by atoms with Gasteiger partial charge in [0.05, 0.1) is 29.4 Å². The molecule has 0 radical (unpaired) electrons. The number of allylic oxidation sites excluding steroid dienone is 1. The molecule has 1 aliphatic heterocycles. The molecule has 4 nitrogen and oxygen atoms in total. The van der Waals surface area contributed by atoms with Crippen LogP contribution in [0.25, 0.3) is 16.3 Å². The van der Waals surface area contributed by atoms with Crippen LogP contribution in [-0.2, 0) is 4.79 Å². The zero-order chi connectivity index (χ0) is 22.4. The summed E-state index contributed by atoms with van der Waals surface area (Å²) in [6.45, 7) is 3.99. The quantitative estimate of drug-likeness (QED) is 0.423. The lowest BCUT2D eigenvalue weighted by Crippen LogP contribution is -2.26. The van der Waals surface area contributed by atoms with E-state index in [0.29, 0.717) is 17.9 Å². The first-order valence-electron chi connectivity index (χ1n) is 11.1. The predicted octanol–water partition coefficient (Wildman–Crippen LogP) is 7.07.